The average Bonchev–Trinajstić information content (AvgIpc) is 3.03. The second kappa shape index (κ2) is 8.28. The van der Waals surface area contributed by atoms with E-state index in [9.17, 15) is 13.2 Å². The number of methoxy groups -OCH3 is 1. The van der Waals surface area contributed by atoms with Crippen molar-refractivity contribution < 1.29 is 32.2 Å². The van der Waals surface area contributed by atoms with E-state index in [-0.39, 0.29) is 11.0 Å². The van der Waals surface area contributed by atoms with Gasteiger partial charge in [0.05, 0.1) is 17.1 Å². The van der Waals surface area contributed by atoms with E-state index in [1.165, 1.54) is 12.1 Å². The first kappa shape index (κ1) is 22.1. The maximum atomic E-state index is 12.6. The van der Waals surface area contributed by atoms with Gasteiger partial charge in [-0.05, 0) is 57.2 Å². The summed E-state index contributed by atoms with van der Waals surface area (Å²) in [5, 5.41) is 0. The predicted molar refractivity (Wildman–Crippen MR) is 111 cm³/mol. The van der Waals surface area contributed by atoms with Gasteiger partial charge in [-0.1, -0.05) is 0 Å². The van der Waals surface area contributed by atoms with Gasteiger partial charge >= 0.3 is 5.97 Å². The summed E-state index contributed by atoms with van der Waals surface area (Å²) in [5.74, 6) is 0.963. The lowest BCUT2D eigenvalue weighted by molar-refractivity contribution is 0.00686. The van der Waals surface area contributed by atoms with Gasteiger partial charge in [0.1, 0.15) is 29.0 Å². The van der Waals surface area contributed by atoms with Crippen molar-refractivity contribution >= 4 is 15.8 Å². The molecule has 0 bridgehead atoms. The molecule has 2 aromatic rings. The van der Waals surface area contributed by atoms with Crippen molar-refractivity contribution in [3.8, 4) is 17.2 Å². The van der Waals surface area contributed by atoms with Crippen LogP contribution in [-0.2, 0) is 25.7 Å². The molecular formula is C22H26O7S. The maximum absolute atomic E-state index is 12.6. The molecule has 2 aromatic carbocycles. The van der Waals surface area contributed by atoms with Gasteiger partial charge in [0.25, 0.3) is 0 Å². The number of rotatable bonds is 6. The molecule has 3 rings (SSSR count). The smallest absolute Gasteiger partial charge is 0.338 e. The van der Waals surface area contributed by atoms with Crippen LogP contribution in [0.2, 0.25) is 0 Å². The van der Waals surface area contributed by atoms with E-state index >= 15 is 0 Å². The van der Waals surface area contributed by atoms with E-state index < -0.39 is 21.4 Å². The second-order valence-electron chi connectivity index (χ2n) is 8.20. The first-order chi connectivity index (χ1) is 14.0. The number of ether oxygens (including phenoxy) is 4. The fourth-order valence-corrected chi connectivity index (χ4v) is 3.71. The van der Waals surface area contributed by atoms with Crippen LogP contribution in [0.25, 0.3) is 0 Å². The lowest BCUT2D eigenvalue weighted by Crippen LogP contribution is -2.24. The molecule has 0 radical (unpaired) electrons. The summed E-state index contributed by atoms with van der Waals surface area (Å²) in [4.78, 5) is 12.8. The molecule has 30 heavy (non-hydrogen) atoms. The summed E-state index contributed by atoms with van der Waals surface area (Å²) in [6, 6.07) is 9.38. The minimum Gasteiger partial charge on any atom is -0.487 e. The standard InChI is InChI=1S/C22H26O7S/c1-22(2,3)29-21(23)14-10-19(18-12-16(13-26-4)28-20(18)11-14)27-15-6-8-17(9-7-15)30(5,24)25/h6-11,16H,12-13H2,1-5H3. The molecule has 0 aliphatic carbocycles. The van der Waals surface area contributed by atoms with E-state index in [2.05, 4.69) is 0 Å². The maximum Gasteiger partial charge on any atom is 0.338 e. The molecule has 0 amide bonds. The molecule has 0 fully saturated rings. The highest BCUT2D eigenvalue weighted by Gasteiger charge is 2.29. The summed E-state index contributed by atoms with van der Waals surface area (Å²) >= 11 is 0. The van der Waals surface area contributed by atoms with Gasteiger partial charge in [0.15, 0.2) is 9.84 Å². The van der Waals surface area contributed by atoms with E-state index in [1.807, 2.05) is 0 Å². The third-order valence-electron chi connectivity index (χ3n) is 4.36. The SMILES string of the molecule is COCC1Cc2c(Oc3ccc(S(C)(=O)=O)cc3)cc(C(=O)OC(C)(C)C)cc2O1. The van der Waals surface area contributed by atoms with Crippen molar-refractivity contribution in [2.45, 2.75) is 43.8 Å². The zero-order valence-corrected chi connectivity index (χ0v) is 18.5. The van der Waals surface area contributed by atoms with Crippen molar-refractivity contribution in [2.24, 2.45) is 0 Å². The third-order valence-corrected chi connectivity index (χ3v) is 5.49. The van der Waals surface area contributed by atoms with Crippen LogP contribution >= 0.6 is 0 Å². The number of esters is 1. The number of sulfone groups is 1. The molecule has 0 spiro atoms. The Bertz CT molecular complexity index is 1030. The van der Waals surface area contributed by atoms with Crippen LogP contribution in [0.3, 0.4) is 0 Å². The molecule has 1 aliphatic rings. The van der Waals surface area contributed by atoms with Gasteiger partial charge in [-0.3, -0.25) is 0 Å². The molecule has 162 valence electrons. The van der Waals surface area contributed by atoms with Crippen molar-refractivity contribution in [2.75, 3.05) is 20.0 Å². The summed E-state index contributed by atoms with van der Waals surface area (Å²) < 4.78 is 45.9. The molecule has 1 heterocycles. The third kappa shape index (κ3) is 5.31. The summed E-state index contributed by atoms with van der Waals surface area (Å²) in [6.45, 7) is 5.79. The summed E-state index contributed by atoms with van der Waals surface area (Å²) in [7, 11) is -1.71. The van der Waals surface area contributed by atoms with Crippen LogP contribution in [0.5, 0.6) is 17.2 Å². The van der Waals surface area contributed by atoms with Gasteiger partial charge < -0.3 is 18.9 Å². The highest BCUT2D eigenvalue weighted by atomic mass is 32.2. The molecule has 0 saturated carbocycles. The number of hydrogen-bond donors (Lipinski definition) is 0. The average molecular weight is 435 g/mol. The zero-order chi connectivity index (χ0) is 22.1. The first-order valence-electron chi connectivity index (χ1n) is 9.50. The fraction of sp³-hybridized carbons (Fsp3) is 0.409. The quantitative estimate of drug-likeness (QED) is 0.639. The van der Waals surface area contributed by atoms with Crippen molar-refractivity contribution in [3.63, 3.8) is 0 Å². The summed E-state index contributed by atoms with van der Waals surface area (Å²) in [5.41, 5.74) is 0.485. The molecule has 0 saturated heterocycles. The van der Waals surface area contributed by atoms with Crippen LogP contribution in [0.15, 0.2) is 41.3 Å². The van der Waals surface area contributed by atoms with Crippen LogP contribution in [-0.4, -0.2) is 46.1 Å². The Balaban J connectivity index is 1.95. The van der Waals surface area contributed by atoms with Crippen LogP contribution in [0, 0.1) is 0 Å². The van der Waals surface area contributed by atoms with Gasteiger partial charge in [-0.2, -0.15) is 0 Å². The largest absolute Gasteiger partial charge is 0.487 e. The fourth-order valence-electron chi connectivity index (χ4n) is 3.08. The number of fused-ring (bicyclic) bond motifs is 1. The van der Waals surface area contributed by atoms with Gasteiger partial charge in [-0.25, -0.2) is 13.2 Å². The Morgan fingerprint density at radius 3 is 2.40 bits per heavy atom. The van der Waals surface area contributed by atoms with Gasteiger partial charge in [0.2, 0.25) is 0 Å². The molecule has 1 unspecified atom stereocenters. The molecule has 1 atom stereocenters. The lowest BCUT2D eigenvalue weighted by atomic mass is 10.1. The van der Waals surface area contributed by atoms with Crippen LogP contribution in [0.1, 0.15) is 36.7 Å². The van der Waals surface area contributed by atoms with E-state index in [0.29, 0.717) is 35.8 Å². The van der Waals surface area contributed by atoms with E-state index in [0.717, 1.165) is 11.8 Å². The number of carbonyl (C=O) groups excluding carboxylic acids is 1. The summed E-state index contributed by atoms with van der Waals surface area (Å²) in [6.07, 6.45) is 1.52. The first-order valence-corrected chi connectivity index (χ1v) is 11.4. The van der Waals surface area contributed by atoms with Crippen LogP contribution in [0.4, 0.5) is 0 Å². The minimum atomic E-state index is -3.30. The van der Waals surface area contributed by atoms with Crippen molar-refractivity contribution in [1.29, 1.82) is 0 Å². The van der Waals surface area contributed by atoms with Crippen molar-refractivity contribution in [3.05, 3.63) is 47.5 Å². The Morgan fingerprint density at radius 1 is 1.17 bits per heavy atom. The Hall–Kier alpha value is -2.58. The minimum absolute atomic E-state index is 0.186. The number of hydrogen-bond acceptors (Lipinski definition) is 7. The second-order valence-corrected chi connectivity index (χ2v) is 10.2. The monoisotopic (exact) mass is 434 g/mol. The Morgan fingerprint density at radius 2 is 1.83 bits per heavy atom. The molecule has 8 heteroatoms. The Kier molecular flexibility index (Phi) is 6.10. The van der Waals surface area contributed by atoms with Gasteiger partial charge in [-0.15, -0.1) is 0 Å². The topological polar surface area (TPSA) is 88.1 Å². The van der Waals surface area contributed by atoms with Crippen LogP contribution < -0.4 is 9.47 Å². The zero-order valence-electron chi connectivity index (χ0n) is 17.7. The highest BCUT2D eigenvalue weighted by Crippen LogP contribution is 2.40. The molecule has 0 N–H and O–H groups in total. The molecule has 0 aromatic heterocycles. The van der Waals surface area contributed by atoms with E-state index in [1.54, 1.807) is 52.1 Å². The Labute approximate surface area is 176 Å². The predicted octanol–water partition coefficient (Wildman–Crippen LogP) is 3.79. The molecular weight excluding hydrogens is 408 g/mol. The van der Waals surface area contributed by atoms with Crippen molar-refractivity contribution in [1.82, 2.24) is 0 Å². The molecule has 1 aliphatic heterocycles. The number of carbonyl (C=O) groups is 1. The molecule has 7 nitrogen and oxygen atoms in total. The normalized spacial score (nSPS) is 16.0. The highest BCUT2D eigenvalue weighted by molar-refractivity contribution is 7.90. The lowest BCUT2D eigenvalue weighted by Gasteiger charge is -2.20. The van der Waals surface area contributed by atoms with Gasteiger partial charge in [0, 0.05) is 25.3 Å². The number of benzene rings is 2. The van der Waals surface area contributed by atoms with E-state index in [4.69, 9.17) is 18.9 Å².